The summed E-state index contributed by atoms with van der Waals surface area (Å²) in [6, 6.07) is 3.23. The Balaban J connectivity index is 1.70. The third-order valence-corrected chi connectivity index (χ3v) is 6.25. The van der Waals surface area contributed by atoms with Crippen LogP contribution in [0, 0.1) is 29.4 Å². The molecule has 0 aromatic heterocycles. The maximum atomic E-state index is 14.3. The molecule has 2 aliphatic carbocycles. The van der Waals surface area contributed by atoms with Gasteiger partial charge in [-0.3, -0.25) is 0 Å². The molecular formula is C22H30F2. The van der Waals surface area contributed by atoms with E-state index in [2.05, 4.69) is 19.1 Å². The highest BCUT2D eigenvalue weighted by molar-refractivity contribution is 5.29. The van der Waals surface area contributed by atoms with Gasteiger partial charge in [-0.25, -0.2) is 8.78 Å². The van der Waals surface area contributed by atoms with Crippen LogP contribution in [0.25, 0.3) is 0 Å². The third kappa shape index (κ3) is 3.73. The molecule has 2 heteroatoms. The summed E-state index contributed by atoms with van der Waals surface area (Å²) in [7, 11) is 0. The molecule has 132 valence electrons. The van der Waals surface area contributed by atoms with Crippen LogP contribution in [0.3, 0.4) is 0 Å². The molecule has 0 nitrogen and oxygen atoms in total. The van der Waals surface area contributed by atoms with Gasteiger partial charge in [-0.05, 0) is 93.2 Å². The summed E-state index contributed by atoms with van der Waals surface area (Å²) in [5.74, 6) is 1.95. The van der Waals surface area contributed by atoms with Crippen LogP contribution < -0.4 is 0 Å². The molecule has 0 spiro atoms. The Morgan fingerprint density at radius 3 is 2.33 bits per heavy atom. The average Bonchev–Trinajstić information content (AvgIpc) is 2.58. The topological polar surface area (TPSA) is 0 Å². The van der Waals surface area contributed by atoms with Crippen molar-refractivity contribution < 1.29 is 8.78 Å². The molecule has 0 heterocycles. The second-order valence-electron chi connectivity index (χ2n) is 7.84. The molecule has 2 aliphatic rings. The van der Waals surface area contributed by atoms with E-state index in [9.17, 15) is 8.78 Å². The van der Waals surface area contributed by atoms with Crippen LogP contribution in [0.5, 0.6) is 0 Å². The van der Waals surface area contributed by atoms with Gasteiger partial charge in [-0.15, -0.1) is 0 Å². The van der Waals surface area contributed by atoms with E-state index in [-0.39, 0.29) is 17.2 Å². The van der Waals surface area contributed by atoms with E-state index in [0.29, 0.717) is 12.3 Å². The minimum atomic E-state index is -0.342. The van der Waals surface area contributed by atoms with Crippen LogP contribution in [0.15, 0.2) is 24.3 Å². The first-order chi connectivity index (χ1) is 11.6. The quantitative estimate of drug-likeness (QED) is 0.532. The van der Waals surface area contributed by atoms with Crippen molar-refractivity contribution in [2.45, 2.75) is 71.1 Å². The summed E-state index contributed by atoms with van der Waals surface area (Å²) in [6.07, 6.45) is 13.1. The fourth-order valence-corrected chi connectivity index (χ4v) is 5.02. The van der Waals surface area contributed by atoms with Crippen LogP contribution in [-0.4, -0.2) is 0 Å². The minimum Gasteiger partial charge on any atom is -0.207 e. The molecule has 1 aromatic rings. The zero-order valence-electron chi connectivity index (χ0n) is 15.0. The number of hydrogen-bond donors (Lipinski definition) is 0. The molecule has 3 rings (SSSR count). The summed E-state index contributed by atoms with van der Waals surface area (Å²) in [4.78, 5) is 0. The zero-order chi connectivity index (χ0) is 17.1. The molecule has 0 saturated heterocycles. The largest absolute Gasteiger partial charge is 0.207 e. The number of fused-ring (bicyclic) bond motifs is 1. The number of halogens is 2. The molecule has 4 atom stereocenters. The average molecular weight is 332 g/mol. The van der Waals surface area contributed by atoms with Gasteiger partial charge in [0.2, 0.25) is 0 Å². The number of rotatable bonds is 4. The van der Waals surface area contributed by atoms with E-state index in [1.54, 1.807) is 12.1 Å². The van der Waals surface area contributed by atoms with Gasteiger partial charge in [0.25, 0.3) is 0 Å². The van der Waals surface area contributed by atoms with Gasteiger partial charge in [0.15, 0.2) is 0 Å². The van der Waals surface area contributed by atoms with Crippen LogP contribution >= 0.6 is 0 Å². The second kappa shape index (κ2) is 7.80. The Labute approximate surface area is 145 Å². The molecule has 0 amide bonds. The first-order valence-electron chi connectivity index (χ1n) is 9.73. The summed E-state index contributed by atoms with van der Waals surface area (Å²) in [6.45, 7) is 4.06. The lowest BCUT2D eigenvalue weighted by Crippen LogP contribution is -2.30. The number of hydrogen-bond acceptors (Lipinski definition) is 0. The van der Waals surface area contributed by atoms with Crippen LogP contribution in [-0.2, 0) is 6.42 Å². The van der Waals surface area contributed by atoms with Crippen LogP contribution in [0.4, 0.5) is 8.78 Å². The molecule has 0 aliphatic heterocycles. The van der Waals surface area contributed by atoms with Crippen molar-refractivity contribution in [1.82, 2.24) is 0 Å². The lowest BCUT2D eigenvalue weighted by atomic mass is 9.64. The Bertz CT molecular complexity index is 567. The molecule has 0 radical (unpaired) electrons. The van der Waals surface area contributed by atoms with Gasteiger partial charge in [0.05, 0.1) is 0 Å². The number of benzene rings is 1. The van der Waals surface area contributed by atoms with Crippen molar-refractivity contribution in [2.75, 3.05) is 0 Å². The predicted octanol–water partition coefficient (Wildman–Crippen LogP) is 6.79. The SMILES string of the molecule is CC=C[C@@H]1CC[C@@H]2CC(c3cc(F)c(CCC)c(F)c3)CC[C@@H]2C1. The first-order valence-corrected chi connectivity index (χ1v) is 9.73. The van der Waals surface area contributed by atoms with Crippen molar-refractivity contribution in [3.63, 3.8) is 0 Å². The summed E-state index contributed by atoms with van der Waals surface area (Å²) >= 11 is 0. The summed E-state index contributed by atoms with van der Waals surface area (Å²) < 4.78 is 28.5. The standard InChI is InChI=1S/C22H30F2/c1-3-5-15-7-8-17-12-18(10-9-16(17)11-15)19-13-21(23)20(6-4-2)22(24)14-19/h3,5,13-18H,4,6-12H2,1-2H3/t15-,16-,17-,18?/m1/s1. The van der Waals surface area contributed by atoms with E-state index in [0.717, 1.165) is 42.6 Å². The number of allylic oxidation sites excluding steroid dienone is 2. The van der Waals surface area contributed by atoms with E-state index in [1.165, 1.54) is 25.7 Å². The van der Waals surface area contributed by atoms with Gasteiger partial charge in [-0.2, -0.15) is 0 Å². The predicted molar refractivity (Wildman–Crippen MR) is 96.1 cm³/mol. The molecule has 0 bridgehead atoms. The Morgan fingerprint density at radius 1 is 1.00 bits per heavy atom. The van der Waals surface area contributed by atoms with Gasteiger partial charge in [0, 0.05) is 5.56 Å². The van der Waals surface area contributed by atoms with E-state index < -0.39 is 0 Å². The fraction of sp³-hybridized carbons (Fsp3) is 0.636. The normalized spacial score (nSPS) is 30.5. The molecule has 1 aromatic carbocycles. The fourth-order valence-electron chi connectivity index (χ4n) is 5.02. The Hall–Kier alpha value is -1.18. The molecular weight excluding hydrogens is 302 g/mol. The van der Waals surface area contributed by atoms with E-state index in [1.807, 2.05) is 6.92 Å². The highest BCUT2D eigenvalue weighted by atomic mass is 19.1. The van der Waals surface area contributed by atoms with Crippen molar-refractivity contribution in [3.8, 4) is 0 Å². The lowest BCUT2D eigenvalue weighted by molar-refractivity contribution is 0.133. The molecule has 0 N–H and O–H groups in total. The smallest absolute Gasteiger partial charge is 0.129 e. The van der Waals surface area contributed by atoms with Crippen molar-refractivity contribution in [3.05, 3.63) is 47.0 Å². The zero-order valence-corrected chi connectivity index (χ0v) is 15.0. The molecule has 2 fully saturated rings. The van der Waals surface area contributed by atoms with Crippen LogP contribution in [0.1, 0.15) is 75.8 Å². The summed E-state index contributed by atoms with van der Waals surface area (Å²) in [5.41, 5.74) is 1.15. The highest BCUT2D eigenvalue weighted by Crippen LogP contribution is 2.48. The maximum Gasteiger partial charge on any atom is 0.129 e. The molecule has 24 heavy (non-hydrogen) atoms. The van der Waals surface area contributed by atoms with Crippen molar-refractivity contribution in [1.29, 1.82) is 0 Å². The Morgan fingerprint density at radius 2 is 1.67 bits per heavy atom. The van der Waals surface area contributed by atoms with Crippen molar-refractivity contribution >= 4 is 0 Å². The molecule has 2 saturated carbocycles. The second-order valence-corrected chi connectivity index (χ2v) is 7.84. The lowest BCUT2D eigenvalue weighted by Gasteiger charge is -2.42. The third-order valence-electron chi connectivity index (χ3n) is 6.25. The maximum absolute atomic E-state index is 14.3. The van der Waals surface area contributed by atoms with Crippen molar-refractivity contribution in [2.24, 2.45) is 17.8 Å². The van der Waals surface area contributed by atoms with Gasteiger partial charge >= 0.3 is 0 Å². The minimum absolute atomic E-state index is 0.266. The van der Waals surface area contributed by atoms with Crippen LogP contribution in [0.2, 0.25) is 0 Å². The van der Waals surface area contributed by atoms with Gasteiger partial charge in [-0.1, -0.05) is 25.5 Å². The van der Waals surface area contributed by atoms with Gasteiger partial charge < -0.3 is 0 Å². The van der Waals surface area contributed by atoms with Gasteiger partial charge in [0.1, 0.15) is 11.6 Å². The highest BCUT2D eigenvalue weighted by Gasteiger charge is 2.35. The Kier molecular flexibility index (Phi) is 5.73. The van der Waals surface area contributed by atoms with E-state index in [4.69, 9.17) is 0 Å². The molecule has 1 unspecified atom stereocenters. The first kappa shape index (κ1) is 17.6. The summed E-state index contributed by atoms with van der Waals surface area (Å²) in [5, 5.41) is 0. The monoisotopic (exact) mass is 332 g/mol. The van der Waals surface area contributed by atoms with E-state index >= 15 is 0 Å².